The number of carbonyl (C=O) groups excluding carboxylic acids is 1. The number of nitrogens with one attached hydrogen (secondary N) is 1. The number of ether oxygens (including phenoxy) is 2. The molecule has 0 bridgehead atoms. The average molecular weight is 304 g/mol. The zero-order valence-corrected chi connectivity index (χ0v) is 12.6. The standard InChI is InChI=1S/C15H20N4O3/c1-2-22-15(20)17-14-16-12-5-3-4-6-13(12)19(14)11-18-7-9-21-10-8-18/h3-6H,2,7-11H2,1H3,(H,16,17,20). The van der Waals surface area contributed by atoms with Gasteiger partial charge in [0.05, 0.1) is 37.5 Å². The number of nitrogens with zero attached hydrogens (tertiary/aromatic N) is 3. The Kier molecular flexibility index (Phi) is 4.55. The predicted molar refractivity (Wildman–Crippen MR) is 82.8 cm³/mol. The SMILES string of the molecule is CCOC(=O)Nc1nc2ccccc2n1CN1CCOCC1. The van der Waals surface area contributed by atoms with Crippen LogP contribution in [-0.4, -0.2) is 53.5 Å². The van der Waals surface area contributed by atoms with Crippen molar-refractivity contribution in [1.29, 1.82) is 0 Å². The molecule has 1 amide bonds. The maximum Gasteiger partial charge on any atom is 0.413 e. The normalized spacial score (nSPS) is 15.9. The second kappa shape index (κ2) is 6.76. The van der Waals surface area contributed by atoms with Crippen LogP contribution in [0.4, 0.5) is 10.7 Å². The highest BCUT2D eigenvalue weighted by molar-refractivity contribution is 5.86. The Morgan fingerprint density at radius 3 is 2.91 bits per heavy atom. The first-order valence-electron chi connectivity index (χ1n) is 7.47. The molecule has 118 valence electrons. The summed E-state index contributed by atoms with van der Waals surface area (Å²) in [6.07, 6.45) is -0.485. The van der Waals surface area contributed by atoms with Crippen LogP contribution in [-0.2, 0) is 16.1 Å². The van der Waals surface area contributed by atoms with Crippen LogP contribution in [0.3, 0.4) is 0 Å². The summed E-state index contributed by atoms with van der Waals surface area (Å²) >= 11 is 0. The number of morpholine rings is 1. The lowest BCUT2D eigenvalue weighted by molar-refractivity contribution is 0.0244. The van der Waals surface area contributed by atoms with Gasteiger partial charge in [-0.3, -0.25) is 14.8 Å². The maximum atomic E-state index is 11.7. The summed E-state index contributed by atoms with van der Waals surface area (Å²) < 4.78 is 12.3. The van der Waals surface area contributed by atoms with E-state index in [1.54, 1.807) is 6.92 Å². The van der Waals surface area contributed by atoms with E-state index in [1.807, 2.05) is 28.8 Å². The van der Waals surface area contributed by atoms with E-state index >= 15 is 0 Å². The molecular formula is C15H20N4O3. The van der Waals surface area contributed by atoms with Gasteiger partial charge in [-0.15, -0.1) is 0 Å². The molecule has 7 nitrogen and oxygen atoms in total. The zero-order chi connectivity index (χ0) is 15.4. The van der Waals surface area contributed by atoms with Crippen molar-refractivity contribution in [2.75, 3.05) is 38.2 Å². The first-order valence-corrected chi connectivity index (χ1v) is 7.47. The number of benzene rings is 1. The van der Waals surface area contributed by atoms with Gasteiger partial charge in [-0.1, -0.05) is 12.1 Å². The Hall–Kier alpha value is -2.12. The number of carbonyl (C=O) groups is 1. The number of hydrogen-bond acceptors (Lipinski definition) is 5. The van der Waals surface area contributed by atoms with Crippen molar-refractivity contribution < 1.29 is 14.3 Å². The fraction of sp³-hybridized carbons (Fsp3) is 0.467. The number of aromatic nitrogens is 2. The first kappa shape index (κ1) is 14.8. The van der Waals surface area contributed by atoms with E-state index in [-0.39, 0.29) is 0 Å². The van der Waals surface area contributed by atoms with Crippen LogP contribution in [0.1, 0.15) is 6.92 Å². The predicted octanol–water partition coefficient (Wildman–Crippen LogP) is 1.89. The Morgan fingerprint density at radius 1 is 1.36 bits per heavy atom. The van der Waals surface area contributed by atoms with Crippen molar-refractivity contribution in [3.05, 3.63) is 24.3 Å². The fourth-order valence-electron chi connectivity index (χ4n) is 2.52. The zero-order valence-electron chi connectivity index (χ0n) is 12.6. The van der Waals surface area contributed by atoms with E-state index in [0.717, 1.165) is 37.3 Å². The van der Waals surface area contributed by atoms with Gasteiger partial charge in [-0.25, -0.2) is 9.78 Å². The summed E-state index contributed by atoms with van der Waals surface area (Å²) in [6.45, 7) is 5.95. The minimum atomic E-state index is -0.485. The van der Waals surface area contributed by atoms with Gasteiger partial charge >= 0.3 is 6.09 Å². The van der Waals surface area contributed by atoms with Crippen LogP contribution >= 0.6 is 0 Å². The smallest absolute Gasteiger partial charge is 0.413 e. The Labute approximate surface area is 128 Å². The second-order valence-electron chi connectivity index (χ2n) is 5.07. The molecule has 22 heavy (non-hydrogen) atoms. The number of imidazole rings is 1. The third-order valence-corrected chi connectivity index (χ3v) is 3.59. The van der Waals surface area contributed by atoms with Crippen LogP contribution in [0, 0.1) is 0 Å². The van der Waals surface area contributed by atoms with Crippen LogP contribution in [0.2, 0.25) is 0 Å². The maximum absolute atomic E-state index is 11.7. The Bertz CT molecular complexity index is 649. The number of amides is 1. The van der Waals surface area contributed by atoms with Crippen LogP contribution in [0.15, 0.2) is 24.3 Å². The van der Waals surface area contributed by atoms with Gasteiger partial charge in [-0.2, -0.15) is 0 Å². The van der Waals surface area contributed by atoms with Crippen molar-refractivity contribution >= 4 is 23.1 Å². The number of rotatable bonds is 4. The molecule has 0 aliphatic carbocycles. The minimum absolute atomic E-state index is 0.329. The number of para-hydroxylation sites is 2. The van der Waals surface area contributed by atoms with E-state index in [4.69, 9.17) is 9.47 Å². The Balaban J connectivity index is 1.88. The molecule has 1 aliphatic heterocycles. The number of hydrogen-bond donors (Lipinski definition) is 1. The van der Waals surface area contributed by atoms with Gasteiger partial charge in [0.15, 0.2) is 0 Å². The van der Waals surface area contributed by atoms with Gasteiger partial charge in [0.25, 0.3) is 0 Å². The highest BCUT2D eigenvalue weighted by atomic mass is 16.5. The number of fused-ring (bicyclic) bond motifs is 1. The molecule has 1 saturated heterocycles. The van der Waals surface area contributed by atoms with E-state index in [2.05, 4.69) is 15.2 Å². The second-order valence-corrected chi connectivity index (χ2v) is 5.07. The quantitative estimate of drug-likeness (QED) is 0.934. The Morgan fingerprint density at radius 2 is 2.14 bits per heavy atom. The summed E-state index contributed by atoms with van der Waals surface area (Å²) in [4.78, 5) is 18.5. The van der Waals surface area contributed by atoms with Crippen molar-refractivity contribution in [3.8, 4) is 0 Å². The fourth-order valence-corrected chi connectivity index (χ4v) is 2.52. The van der Waals surface area contributed by atoms with Crippen molar-refractivity contribution in [2.24, 2.45) is 0 Å². The summed E-state index contributed by atoms with van der Waals surface area (Å²) in [7, 11) is 0. The van der Waals surface area contributed by atoms with E-state index in [9.17, 15) is 4.79 Å². The van der Waals surface area contributed by atoms with Crippen molar-refractivity contribution in [1.82, 2.24) is 14.5 Å². The summed E-state index contributed by atoms with van der Waals surface area (Å²) in [5.74, 6) is 0.506. The van der Waals surface area contributed by atoms with Crippen molar-refractivity contribution in [3.63, 3.8) is 0 Å². The van der Waals surface area contributed by atoms with Crippen LogP contribution in [0.25, 0.3) is 11.0 Å². The molecule has 0 saturated carbocycles. The van der Waals surface area contributed by atoms with E-state index in [1.165, 1.54) is 0 Å². The van der Waals surface area contributed by atoms with Crippen molar-refractivity contribution in [2.45, 2.75) is 13.6 Å². The van der Waals surface area contributed by atoms with Gasteiger partial charge in [0.1, 0.15) is 0 Å². The molecule has 0 unspecified atom stereocenters. The topological polar surface area (TPSA) is 68.6 Å². The molecule has 1 aromatic carbocycles. The third kappa shape index (κ3) is 3.20. The molecule has 0 radical (unpaired) electrons. The molecule has 2 aromatic rings. The largest absolute Gasteiger partial charge is 0.450 e. The molecule has 0 atom stereocenters. The highest BCUT2D eigenvalue weighted by Crippen LogP contribution is 2.20. The van der Waals surface area contributed by atoms with Crippen LogP contribution in [0.5, 0.6) is 0 Å². The lowest BCUT2D eigenvalue weighted by Gasteiger charge is -2.27. The average Bonchev–Trinajstić information content (AvgIpc) is 2.86. The lowest BCUT2D eigenvalue weighted by atomic mass is 10.3. The molecule has 1 aliphatic rings. The lowest BCUT2D eigenvalue weighted by Crippen LogP contribution is -2.37. The molecule has 1 aromatic heterocycles. The van der Waals surface area contributed by atoms with Crippen LogP contribution < -0.4 is 5.32 Å². The number of anilines is 1. The summed E-state index contributed by atoms with van der Waals surface area (Å²) in [6, 6.07) is 7.83. The van der Waals surface area contributed by atoms with Gasteiger partial charge in [-0.05, 0) is 19.1 Å². The minimum Gasteiger partial charge on any atom is -0.450 e. The van der Waals surface area contributed by atoms with E-state index < -0.39 is 6.09 Å². The molecular weight excluding hydrogens is 284 g/mol. The summed E-state index contributed by atoms with van der Waals surface area (Å²) in [5, 5.41) is 2.72. The molecule has 2 heterocycles. The van der Waals surface area contributed by atoms with E-state index in [0.29, 0.717) is 19.2 Å². The first-order chi connectivity index (χ1) is 10.8. The highest BCUT2D eigenvalue weighted by Gasteiger charge is 2.17. The molecule has 3 rings (SSSR count). The van der Waals surface area contributed by atoms with Gasteiger partial charge in [0, 0.05) is 13.1 Å². The van der Waals surface area contributed by atoms with Gasteiger partial charge < -0.3 is 9.47 Å². The molecule has 7 heteroatoms. The summed E-state index contributed by atoms with van der Waals surface area (Å²) in [5.41, 5.74) is 1.84. The molecule has 0 spiro atoms. The van der Waals surface area contributed by atoms with Gasteiger partial charge in [0.2, 0.25) is 5.95 Å². The monoisotopic (exact) mass is 304 g/mol. The molecule has 1 N–H and O–H groups in total. The third-order valence-electron chi connectivity index (χ3n) is 3.59. The molecule has 1 fully saturated rings.